The van der Waals surface area contributed by atoms with Crippen LogP contribution in [0.15, 0.2) is 23.4 Å². The molecule has 86 valence electrons. The van der Waals surface area contributed by atoms with E-state index in [4.69, 9.17) is 5.26 Å². The number of aromatic nitrogens is 4. The minimum Gasteiger partial charge on any atom is -0.205 e. The Hall–Kier alpha value is -1.94. The quantitative estimate of drug-likeness (QED) is 0.776. The highest BCUT2D eigenvalue weighted by Gasteiger charge is 2.10. The molecule has 0 aliphatic heterocycles. The van der Waals surface area contributed by atoms with Crippen molar-refractivity contribution in [3.63, 3.8) is 0 Å². The molecule has 2 aromatic rings. The van der Waals surface area contributed by atoms with Gasteiger partial charge in [0.1, 0.15) is 11.9 Å². The first-order valence-corrected chi connectivity index (χ1v) is 5.86. The molecule has 0 N–H and O–H groups in total. The van der Waals surface area contributed by atoms with Gasteiger partial charge in [0.2, 0.25) is 5.16 Å². The van der Waals surface area contributed by atoms with Gasteiger partial charge in [-0.15, -0.1) is 5.10 Å². The van der Waals surface area contributed by atoms with Crippen LogP contribution in [0.1, 0.15) is 12.5 Å². The standard InChI is InChI=1S/C10H8FN5S/c1-2-17-10-13-14-15-16(10)8-4-3-7(6-12)9(11)5-8/h3-5H,2H2,1H3. The van der Waals surface area contributed by atoms with Gasteiger partial charge in [0.15, 0.2) is 0 Å². The molecule has 0 radical (unpaired) electrons. The van der Waals surface area contributed by atoms with Gasteiger partial charge in [-0.25, -0.2) is 4.39 Å². The molecule has 1 aromatic carbocycles. The van der Waals surface area contributed by atoms with Gasteiger partial charge < -0.3 is 0 Å². The van der Waals surface area contributed by atoms with E-state index in [2.05, 4.69) is 15.5 Å². The van der Waals surface area contributed by atoms with E-state index in [0.29, 0.717) is 10.8 Å². The van der Waals surface area contributed by atoms with Crippen LogP contribution in [-0.4, -0.2) is 26.0 Å². The zero-order chi connectivity index (χ0) is 12.3. The third-order valence-electron chi connectivity index (χ3n) is 2.03. The SMILES string of the molecule is CCSc1nnnn1-c1ccc(C#N)c(F)c1. The van der Waals surface area contributed by atoms with Gasteiger partial charge in [0.05, 0.1) is 11.3 Å². The number of hydrogen-bond acceptors (Lipinski definition) is 5. The second-order valence-electron chi connectivity index (χ2n) is 3.08. The summed E-state index contributed by atoms with van der Waals surface area (Å²) in [6, 6.07) is 6.03. The number of tetrazole rings is 1. The summed E-state index contributed by atoms with van der Waals surface area (Å²) in [6.45, 7) is 1.98. The number of thioether (sulfide) groups is 1. The van der Waals surface area contributed by atoms with Crippen molar-refractivity contribution in [3.05, 3.63) is 29.6 Å². The van der Waals surface area contributed by atoms with E-state index in [0.717, 1.165) is 5.75 Å². The highest BCUT2D eigenvalue weighted by Crippen LogP contribution is 2.19. The number of nitrogens with zero attached hydrogens (tertiary/aromatic N) is 5. The van der Waals surface area contributed by atoms with Crippen LogP contribution in [0.2, 0.25) is 0 Å². The molecular formula is C10H8FN5S. The Morgan fingerprint density at radius 2 is 2.35 bits per heavy atom. The summed E-state index contributed by atoms with van der Waals surface area (Å²) < 4.78 is 14.9. The van der Waals surface area contributed by atoms with Crippen LogP contribution in [0.25, 0.3) is 5.69 Å². The lowest BCUT2D eigenvalue weighted by molar-refractivity contribution is 0.619. The van der Waals surface area contributed by atoms with Gasteiger partial charge in [-0.2, -0.15) is 9.94 Å². The van der Waals surface area contributed by atoms with Gasteiger partial charge in [0, 0.05) is 6.07 Å². The molecular weight excluding hydrogens is 241 g/mol. The Labute approximate surface area is 101 Å². The van der Waals surface area contributed by atoms with E-state index in [1.54, 1.807) is 12.1 Å². The zero-order valence-corrected chi connectivity index (χ0v) is 9.78. The highest BCUT2D eigenvalue weighted by molar-refractivity contribution is 7.99. The molecule has 0 atom stereocenters. The van der Waals surface area contributed by atoms with Crippen LogP contribution in [0, 0.1) is 17.1 Å². The zero-order valence-electron chi connectivity index (χ0n) is 8.96. The molecule has 0 fully saturated rings. The summed E-state index contributed by atoms with van der Waals surface area (Å²) in [7, 11) is 0. The topological polar surface area (TPSA) is 67.4 Å². The van der Waals surface area contributed by atoms with Crippen molar-refractivity contribution in [2.24, 2.45) is 0 Å². The third kappa shape index (κ3) is 2.26. The smallest absolute Gasteiger partial charge is 0.205 e. The Bertz CT molecular complexity index is 574. The van der Waals surface area contributed by atoms with Crippen LogP contribution in [0.3, 0.4) is 0 Å². The maximum atomic E-state index is 13.4. The number of hydrogen-bond donors (Lipinski definition) is 0. The summed E-state index contributed by atoms with van der Waals surface area (Å²) >= 11 is 1.46. The number of benzene rings is 1. The summed E-state index contributed by atoms with van der Waals surface area (Å²) in [5, 5.41) is 20.4. The fraction of sp³-hybridized carbons (Fsp3) is 0.200. The van der Waals surface area contributed by atoms with Gasteiger partial charge in [-0.05, 0) is 28.3 Å². The van der Waals surface area contributed by atoms with E-state index in [1.165, 1.54) is 28.6 Å². The first kappa shape index (κ1) is 11.5. The molecule has 0 spiro atoms. The van der Waals surface area contributed by atoms with E-state index in [9.17, 15) is 4.39 Å². The average Bonchev–Trinajstić information content (AvgIpc) is 2.78. The Morgan fingerprint density at radius 3 is 3.00 bits per heavy atom. The normalized spacial score (nSPS) is 10.2. The first-order valence-electron chi connectivity index (χ1n) is 4.87. The highest BCUT2D eigenvalue weighted by atomic mass is 32.2. The lowest BCUT2D eigenvalue weighted by Gasteiger charge is -2.03. The second kappa shape index (κ2) is 4.93. The molecule has 0 aliphatic rings. The average molecular weight is 249 g/mol. The molecule has 0 unspecified atom stereocenters. The maximum Gasteiger partial charge on any atom is 0.214 e. The van der Waals surface area contributed by atoms with E-state index in [-0.39, 0.29) is 5.56 Å². The van der Waals surface area contributed by atoms with Crippen molar-refractivity contribution in [2.45, 2.75) is 12.1 Å². The molecule has 1 heterocycles. The molecule has 0 saturated carbocycles. The summed E-state index contributed by atoms with van der Waals surface area (Å²) in [6.07, 6.45) is 0. The lowest BCUT2D eigenvalue weighted by Crippen LogP contribution is -2.00. The maximum absolute atomic E-state index is 13.4. The van der Waals surface area contributed by atoms with Crippen molar-refractivity contribution < 1.29 is 4.39 Å². The van der Waals surface area contributed by atoms with E-state index >= 15 is 0 Å². The van der Waals surface area contributed by atoms with Crippen molar-refractivity contribution in [1.82, 2.24) is 20.2 Å². The van der Waals surface area contributed by atoms with Gasteiger partial charge in [-0.1, -0.05) is 18.7 Å². The monoisotopic (exact) mass is 249 g/mol. The Morgan fingerprint density at radius 1 is 1.53 bits per heavy atom. The van der Waals surface area contributed by atoms with E-state index < -0.39 is 5.82 Å². The van der Waals surface area contributed by atoms with Crippen LogP contribution in [0.5, 0.6) is 0 Å². The van der Waals surface area contributed by atoms with Crippen LogP contribution >= 0.6 is 11.8 Å². The van der Waals surface area contributed by atoms with Crippen LogP contribution < -0.4 is 0 Å². The Balaban J connectivity index is 2.43. The van der Waals surface area contributed by atoms with Crippen LogP contribution in [-0.2, 0) is 0 Å². The first-order chi connectivity index (χ1) is 8.26. The minimum atomic E-state index is -0.576. The van der Waals surface area contributed by atoms with Crippen LogP contribution in [0.4, 0.5) is 4.39 Å². The molecule has 0 saturated heterocycles. The minimum absolute atomic E-state index is 0.00604. The predicted octanol–water partition coefficient (Wildman–Crippen LogP) is 1.79. The van der Waals surface area contributed by atoms with Crippen molar-refractivity contribution in [2.75, 3.05) is 5.75 Å². The third-order valence-corrected chi connectivity index (χ3v) is 2.83. The number of nitriles is 1. The van der Waals surface area contributed by atoms with Crippen molar-refractivity contribution in [1.29, 1.82) is 5.26 Å². The van der Waals surface area contributed by atoms with Gasteiger partial charge >= 0.3 is 0 Å². The summed E-state index contributed by atoms with van der Waals surface area (Å²) in [4.78, 5) is 0. The molecule has 0 bridgehead atoms. The van der Waals surface area contributed by atoms with E-state index in [1.807, 2.05) is 6.92 Å². The van der Waals surface area contributed by atoms with Gasteiger partial charge in [-0.3, -0.25) is 0 Å². The summed E-state index contributed by atoms with van der Waals surface area (Å²) in [5.41, 5.74) is 0.508. The fourth-order valence-corrected chi connectivity index (χ4v) is 1.90. The van der Waals surface area contributed by atoms with Crippen molar-refractivity contribution >= 4 is 11.8 Å². The molecule has 2 rings (SSSR count). The predicted molar refractivity (Wildman–Crippen MR) is 60.2 cm³/mol. The molecule has 0 aliphatic carbocycles. The lowest BCUT2D eigenvalue weighted by atomic mass is 10.2. The molecule has 17 heavy (non-hydrogen) atoms. The number of halogens is 1. The molecule has 1 aromatic heterocycles. The molecule has 7 heteroatoms. The van der Waals surface area contributed by atoms with Gasteiger partial charge in [0.25, 0.3) is 0 Å². The molecule has 5 nitrogen and oxygen atoms in total. The second-order valence-corrected chi connectivity index (χ2v) is 4.31. The Kier molecular flexibility index (Phi) is 3.35. The largest absolute Gasteiger partial charge is 0.214 e. The molecule has 0 amide bonds. The fourth-order valence-electron chi connectivity index (χ4n) is 1.29. The number of rotatable bonds is 3. The van der Waals surface area contributed by atoms with Crippen molar-refractivity contribution in [3.8, 4) is 11.8 Å². The summed E-state index contributed by atoms with van der Waals surface area (Å²) in [5.74, 6) is 0.243.